The van der Waals surface area contributed by atoms with Crippen LogP contribution in [-0.4, -0.2) is 63.0 Å². The van der Waals surface area contributed by atoms with Gasteiger partial charge in [-0.1, -0.05) is 11.3 Å². The Morgan fingerprint density at radius 3 is 2.64 bits per heavy atom. The molecule has 2 saturated heterocycles. The fourth-order valence-corrected chi connectivity index (χ4v) is 6.90. The van der Waals surface area contributed by atoms with Crippen molar-refractivity contribution in [1.29, 1.82) is 0 Å². The first-order valence-corrected chi connectivity index (χ1v) is 14.7. The van der Waals surface area contributed by atoms with Crippen LogP contribution in [0.3, 0.4) is 0 Å². The zero-order valence-electron chi connectivity index (χ0n) is 23.2. The van der Waals surface area contributed by atoms with Gasteiger partial charge in [0, 0.05) is 30.9 Å². The molecule has 2 fully saturated rings. The summed E-state index contributed by atoms with van der Waals surface area (Å²) in [5.41, 5.74) is -0.183. The first kappa shape index (κ1) is 28.2. The van der Waals surface area contributed by atoms with E-state index in [1.165, 1.54) is 58.4 Å². The van der Waals surface area contributed by atoms with Crippen molar-refractivity contribution in [2.45, 2.75) is 57.4 Å². The first-order chi connectivity index (χ1) is 20.4. The number of aryl methyl sites for hydroxylation is 1. The average Bonchev–Trinajstić information content (AvgIpc) is 3.64. The van der Waals surface area contributed by atoms with Crippen molar-refractivity contribution in [2.24, 2.45) is 0 Å². The second-order valence-corrected chi connectivity index (χ2v) is 11.3. The Balaban J connectivity index is 1.57. The minimum atomic E-state index is -0.960. The number of piperidine rings is 1. The van der Waals surface area contributed by atoms with Gasteiger partial charge in [0.15, 0.2) is 0 Å². The second kappa shape index (κ2) is 11.8. The first-order valence-electron chi connectivity index (χ1n) is 13.9. The van der Waals surface area contributed by atoms with Crippen LogP contribution in [0.4, 0.5) is 4.39 Å². The highest BCUT2D eigenvalue weighted by Gasteiger charge is 2.32. The Kier molecular flexibility index (Phi) is 7.92. The van der Waals surface area contributed by atoms with Gasteiger partial charge >= 0.3 is 5.69 Å². The number of aromatic nitrogens is 5. The Labute approximate surface area is 243 Å². The fourth-order valence-electron chi connectivity index (χ4n) is 5.68. The van der Waals surface area contributed by atoms with Crippen LogP contribution < -0.4 is 21.3 Å². The molecule has 4 aromatic rings. The topological polar surface area (TPSA) is 132 Å². The number of hydrogen-bond acceptors (Lipinski definition) is 9. The third-order valence-electron chi connectivity index (χ3n) is 7.80. The molecule has 1 aromatic carbocycles. The van der Waals surface area contributed by atoms with Crippen molar-refractivity contribution < 1.29 is 23.4 Å². The van der Waals surface area contributed by atoms with Crippen LogP contribution >= 0.6 is 11.3 Å². The van der Waals surface area contributed by atoms with Crippen LogP contribution in [0, 0.1) is 12.7 Å². The predicted octanol–water partition coefficient (Wildman–Crippen LogP) is 2.65. The molecule has 12 nitrogen and oxygen atoms in total. The van der Waals surface area contributed by atoms with Crippen LogP contribution in [0.15, 0.2) is 40.2 Å². The lowest BCUT2D eigenvalue weighted by atomic mass is 10.1. The summed E-state index contributed by atoms with van der Waals surface area (Å²) in [6.45, 7) is 3.23. The highest BCUT2D eigenvalue weighted by molar-refractivity contribution is 7.21. The molecule has 2 atom stereocenters. The molecule has 0 bridgehead atoms. The number of fused-ring (bicyclic) bond motifs is 1. The summed E-state index contributed by atoms with van der Waals surface area (Å²) in [7, 11) is 1.49. The van der Waals surface area contributed by atoms with Gasteiger partial charge in [-0.2, -0.15) is 10.2 Å². The van der Waals surface area contributed by atoms with Crippen LogP contribution in [-0.2, 0) is 20.8 Å². The van der Waals surface area contributed by atoms with E-state index in [1.807, 2.05) is 0 Å². The molecule has 0 saturated carbocycles. The lowest BCUT2D eigenvalue weighted by Gasteiger charge is -2.30. The molecule has 0 spiro atoms. The van der Waals surface area contributed by atoms with Crippen LogP contribution in [0.25, 0.3) is 15.2 Å². The van der Waals surface area contributed by atoms with E-state index in [0.717, 1.165) is 4.57 Å². The van der Waals surface area contributed by atoms with E-state index in [4.69, 9.17) is 14.2 Å². The minimum absolute atomic E-state index is 0.0624. The minimum Gasteiger partial charge on any atom is -0.496 e. The van der Waals surface area contributed by atoms with Gasteiger partial charge < -0.3 is 19.5 Å². The maximum atomic E-state index is 14.6. The molecule has 6 rings (SSSR count). The molecule has 2 aliphatic heterocycles. The number of hydrogen-bond donors (Lipinski definition) is 1. The van der Waals surface area contributed by atoms with E-state index in [2.05, 4.69) is 15.5 Å². The molecule has 222 valence electrons. The Hall–Kier alpha value is -3.88. The lowest BCUT2D eigenvalue weighted by Crippen LogP contribution is -2.49. The molecule has 1 N–H and O–H groups in total. The SMILES string of the molecule is COc1ccc(F)cc1[C@H](Cn1c(=O)n([C@H]2CCCNC2=O)c(=O)c2c(C)c(-n3nccn3)sc21)OC1CCOCC1. The Morgan fingerprint density at radius 2 is 1.93 bits per heavy atom. The molecule has 2 aliphatic rings. The summed E-state index contributed by atoms with van der Waals surface area (Å²) in [4.78, 5) is 43.0. The van der Waals surface area contributed by atoms with Crippen LogP contribution in [0.5, 0.6) is 5.75 Å². The standard InChI is InChI=1S/C28H31FN6O6S/c1-16-23-25(37)34(20-4-3-9-30-24(20)36)28(38)33(27(23)42-26(16)35-31-10-11-32-35)15-22(41-18-7-12-40-13-8-18)19-14-17(29)5-6-21(19)39-2/h5-6,10-11,14,18,20,22H,3-4,7-9,12-13,15H2,1-2H3,(H,30,36)/t20-,22-/m0/s1. The number of nitrogens with zero attached hydrogens (tertiary/aromatic N) is 5. The maximum Gasteiger partial charge on any atom is 0.332 e. The van der Waals surface area contributed by atoms with Crippen molar-refractivity contribution in [3.05, 3.63) is 68.4 Å². The normalized spacial score (nSPS) is 18.7. The number of halogens is 1. The van der Waals surface area contributed by atoms with Crippen molar-refractivity contribution in [3.63, 3.8) is 0 Å². The van der Waals surface area contributed by atoms with Gasteiger partial charge in [-0.05, 0) is 50.8 Å². The molecular weight excluding hydrogens is 567 g/mol. The van der Waals surface area contributed by atoms with Gasteiger partial charge in [-0.3, -0.25) is 14.2 Å². The van der Waals surface area contributed by atoms with Gasteiger partial charge in [0.2, 0.25) is 5.91 Å². The van der Waals surface area contributed by atoms with Gasteiger partial charge in [-0.15, -0.1) is 4.80 Å². The van der Waals surface area contributed by atoms with E-state index in [9.17, 15) is 18.8 Å². The summed E-state index contributed by atoms with van der Waals surface area (Å²) in [6.07, 6.45) is 4.27. The monoisotopic (exact) mass is 598 g/mol. The maximum absolute atomic E-state index is 14.6. The van der Waals surface area contributed by atoms with Gasteiger partial charge in [0.05, 0.1) is 37.5 Å². The molecular formula is C28H31FN6O6S. The largest absolute Gasteiger partial charge is 0.496 e. The molecule has 14 heteroatoms. The Bertz CT molecular complexity index is 1730. The quantitative estimate of drug-likeness (QED) is 0.328. The summed E-state index contributed by atoms with van der Waals surface area (Å²) >= 11 is 1.20. The number of ether oxygens (including phenoxy) is 3. The fraction of sp³-hybridized carbons (Fsp3) is 0.464. The van der Waals surface area contributed by atoms with Gasteiger partial charge in [-0.25, -0.2) is 13.8 Å². The number of nitrogens with one attached hydrogen (secondary N) is 1. The van der Waals surface area contributed by atoms with Crippen molar-refractivity contribution >= 4 is 27.5 Å². The van der Waals surface area contributed by atoms with Crippen molar-refractivity contribution in [1.82, 2.24) is 29.4 Å². The molecule has 42 heavy (non-hydrogen) atoms. The zero-order valence-corrected chi connectivity index (χ0v) is 24.1. The van der Waals surface area contributed by atoms with Gasteiger partial charge in [0.25, 0.3) is 5.56 Å². The zero-order chi connectivity index (χ0) is 29.4. The average molecular weight is 599 g/mol. The van der Waals surface area contributed by atoms with Crippen LogP contribution in [0.2, 0.25) is 0 Å². The van der Waals surface area contributed by atoms with Gasteiger partial charge in [0.1, 0.15) is 33.5 Å². The van der Waals surface area contributed by atoms with Crippen molar-refractivity contribution in [3.8, 4) is 10.8 Å². The van der Waals surface area contributed by atoms with E-state index < -0.39 is 29.2 Å². The molecule has 0 radical (unpaired) electrons. The highest BCUT2D eigenvalue weighted by atomic mass is 32.1. The highest BCUT2D eigenvalue weighted by Crippen LogP contribution is 2.35. The summed E-state index contributed by atoms with van der Waals surface area (Å²) in [5, 5.41) is 12.1. The summed E-state index contributed by atoms with van der Waals surface area (Å²) in [5.74, 6) is -0.455. The number of carbonyl (C=O) groups excluding carboxylic acids is 1. The number of amides is 1. The lowest BCUT2D eigenvalue weighted by molar-refractivity contribution is -0.126. The number of benzene rings is 1. The summed E-state index contributed by atoms with van der Waals surface area (Å²) < 4.78 is 34.7. The van der Waals surface area contributed by atoms with E-state index in [0.29, 0.717) is 77.5 Å². The molecule has 5 heterocycles. The molecule has 0 aliphatic carbocycles. The predicted molar refractivity (Wildman–Crippen MR) is 152 cm³/mol. The number of thiophene rings is 1. The van der Waals surface area contributed by atoms with E-state index in [1.54, 1.807) is 6.92 Å². The van der Waals surface area contributed by atoms with Crippen molar-refractivity contribution in [2.75, 3.05) is 26.9 Å². The number of methoxy groups -OCH3 is 1. The third kappa shape index (κ3) is 5.14. The Morgan fingerprint density at radius 1 is 1.17 bits per heavy atom. The van der Waals surface area contributed by atoms with Crippen LogP contribution in [0.1, 0.15) is 49.0 Å². The second-order valence-electron chi connectivity index (χ2n) is 10.4. The molecule has 3 aromatic heterocycles. The number of rotatable bonds is 8. The smallest absolute Gasteiger partial charge is 0.332 e. The molecule has 0 unspecified atom stereocenters. The van der Waals surface area contributed by atoms with E-state index in [-0.39, 0.29) is 18.6 Å². The summed E-state index contributed by atoms with van der Waals surface area (Å²) in [6, 6.07) is 3.20. The molecule has 1 amide bonds. The number of carbonyl (C=O) groups is 1. The third-order valence-corrected chi connectivity index (χ3v) is 9.08. The van der Waals surface area contributed by atoms with E-state index >= 15 is 0 Å².